The Labute approximate surface area is 178 Å². The molecule has 1 atom stereocenters. The Balaban J connectivity index is 1.28. The Morgan fingerprint density at radius 1 is 1.10 bits per heavy atom. The van der Waals surface area contributed by atoms with E-state index < -0.39 is 11.6 Å². The predicted octanol–water partition coefficient (Wildman–Crippen LogP) is 4.02. The van der Waals surface area contributed by atoms with Gasteiger partial charge in [-0.25, -0.2) is 8.78 Å². The molecule has 1 fully saturated rings. The number of benzene rings is 2. The summed E-state index contributed by atoms with van der Waals surface area (Å²) in [6, 6.07) is 9.01. The maximum Gasteiger partial charge on any atom is 0.231 e. The molecule has 162 valence electrons. The topological polar surface area (TPSA) is 60.4 Å². The molecular formula is C23H22F2N2O4. The van der Waals surface area contributed by atoms with Crippen molar-refractivity contribution >= 4 is 11.6 Å². The van der Waals surface area contributed by atoms with E-state index >= 15 is 0 Å². The summed E-state index contributed by atoms with van der Waals surface area (Å²) in [5.74, 6) is -0.0000365. The van der Waals surface area contributed by atoms with Gasteiger partial charge in [0.25, 0.3) is 0 Å². The van der Waals surface area contributed by atoms with Gasteiger partial charge in [-0.05, 0) is 37.1 Å². The molecule has 1 unspecified atom stereocenters. The normalized spacial score (nSPS) is 19.5. The Morgan fingerprint density at radius 2 is 1.94 bits per heavy atom. The third-order valence-corrected chi connectivity index (χ3v) is 6.01. The van der Waals surface area contributed by atoms with E-state index in [4.69, 9.17) is 14.3 Å². The molecule has 31 heavy (non-hydrogen) atoms. The number of hydrogen-bond acceptors (Lipinski definition) is 5. The molecule has 8 heteroatoms. The molecule has 2 aliphatic heterocycles. The van der Waals surface area contributed by atoms with Gasteiger partial charge in [-0.3, -0.25) is 4.79 Å². The molecule has 2 heterocycles. The fourth-order valence-corrected chi connectivity index (χ4v) is 4.02. The fourth-order valence-electron chi connectivity index (χ4n) is 4.02. The number of ether oxygens (including phenoxy) is 2. The molecule has 2 aromatic rings. The van der Waals surface area contributed by atoms with Gasteiger partial charge in [0.15, 0.2) is 17.6 Å². The van der Waals surface area contributed by atoms with E-state index in [0.717, 1.165) is 36.6 Å². The van der Waals surface area contributed by atoms with Crippen LogP contribution in [0.2, 0.25) is 0 Å². The molecule has 5 rings (SSSR count). The molecule has 1 aliphatic carbocycles. The lowest BCUT2D eigenvalue weighted by atomic mass is 9.84. The highest BCUT2D eigenvalue weighted by atomic mass is 19.1. The van der Waals surface area contributed by atoms with Crippen molar-refractivity contribution in [1.82, 2.24) is 4.90 Å². The van der Waals surface area contributed by atoms with Crippen molar-refractivity contribution in [2.45, 2.75) is 38.3 Å². The molecule has 1 amide bonds. The Kier molecular flexibility index (Phi) is 5.21. The van der Waals surface area contributed by atoms with Gasteiger partial charge in [0, 0.05) is 36.1 Å². The number of fused-ring (bicyclic) bond motifs is 1. The minimum atomic E-state index is -0.656. The maximum absolute atomic E-state index is 14.2. The van der Waals surface area contributed by atoms with Crippen LogP contribution in [0.25, 0.3) is 0 Å². The van der Waals surface area contributed by atoms with E-state index in [0.29, 0.717) is 17.9 Å². The van der Waals surface area contributed by atoms with Crippen LogP contribution in [0.15, 0.2) is 41.6 Å². The lowest BCUT2D eigenvalue weighted by Gasteiger charge is -2.32. The van der Waals surface area contributed by atoms with Gasteiger partial charge in [-0.2, -0.15) is 0 Å². The number of oxime groups is 1. The first-order chi connectivity index (χ1) is 15.1. The number of halogens is 2. The average Bonchev–Trinajstić information content (AvgIpc) is 3.36. The van der Waals surface area contributed by atoms with Gasteiger partial charge in [0.1, 0.15) is 11.6 Å². The molecule has 6 nitrogen and oxygen atoms in total. The van der Waals surface area contributed by atoms with Gasteiger partial charge in [-0.1, -0.05) is 17.6 Å². The molecule has 1 saturated carbocycles. The monoisotopic (exact) mass is 428 g/mol. The van der Waals surface area contributed by atoms with Crippen molar-refractivity contribution in [3.63, 3.8) is 0 Å². The molecule has 0 spiro atoms. The predicted molar refractivity (Wildman–Crippen MR) is 108 cm³/mol. The first kappa shape index (κ1) is 19.8. The minimum Gasteiger partial charge on any atom is -0.454 e. The number of rotatable bonds is 6. The second kappa shape index (κ2) is 8.17. The summed E-state index contributed by atoms with van der Waals surface area (Å²) in [5.41, 5.74) is 1.91. The smallest absolute Gasteiger partial charge is 0.231 e. The quantitative estimate of drug-likeness (QED) is 0.698. The van der Waals surface area contributed by atoms with Crippen LogP contribution in [-0.2, 0) is 16.2 Å². The summed E-state index contributed by atoms with van der Waals surface area (Å²) in [6.07, 6.45) is 2.87. The van der Waals surface area contributed by atoms with Crippen LogP contribution in [0, 0.1) is 17.6 Å². The van der Waals surface area contributed by atoms with Gasteiger partial charge >= 0.3 is 0 Å². The van der Waals surface area contributed by atoms with Crippen molar-refractivity contribution in [3.8, 4) is 11.5 Å². The minimum absolute atomic E-state index is 0.0184. The van der Waals surface area contributed by atoms with E-state index in [1.807, 2.05) is 18.2 Å². The molecule has 0 bridgehead atoms. The standard InChI is InChI=1S/C23H22F2N2O4/c24-17-6-4-16(19(25)9-17)11-27(23(28)14-2-1-3-14)12-18-10-20(26-31-18)15-5-7-21-22(8-15)30-13-29-21/h4-9,14,18H,1-3,10-13H2. The summed E-state index contributed by atoms with van der Waals surface area (Å²) in [5, 5.41) is 4.20. The van der Waals surface area contributed by atoms with E-state index in [1.165, 1.54) is 12.1 Å². The van der Waals surface area contributed by atoms with Crippen molar-refractivity contribution in [2.24, 2.45) is 11.1 Å². The van der Waals surface area contributed by atoms with Crippen molar-refractivity contribution in [2.75, 3.05) is 13.3 Å². The van der Waals surface area contributed by atoms with Crippen LogP contribution < -0.4 is 9.47 Å². The number of nitrogens with zero attached hydrogens (tertiary/aromatic N) is 2. The van der Waals surface area contributed by atoms with Crippen LogP contribution in [0.1, 0.15) is 36.8 Å². The second-order valence-corrected chi connectivity index (χ2v) is 8.12. The van der Waals surface area contributed by atoms with Crippen molar-refractivity contribution < 1.29 is 27.9 Å². The molecule has 0 radical (unpaired) electrons. The van der Waals surface area contributed by atoms with Gasteiger partial charge in [0.05, 0.1) is 12.3 Å². The zero-order chi connectivity index (χ0) is 21.4. The van der Waals surface area contributed by atoms with Gasteiger partial charge in [0.2, 0.25) is 12.7 Å². The van der Waals surface area contributed by atoms with Crippen molar-refractivity contribution in [3.05, 3.63) is 59.2 Å². The van der Waals surface area contributed by atoms with Gasteiger partial charge < -0.3 is 19.2 Å². The van der Waals surface area contributed by atoms with Gasteiger partial charge in [-0.15, -0.1) is 0 Å². The number of amides is 1. The van der Waals surface area contributed by atoms with E-state index in [9.17, 15) is 13.6 Å². The first-order valence-corrected chi connectivity index (χ1v) is 10.4. The summed E-state index contributed by atoms with van der Waals surface area (Å²) in [4.78, 5) is 20.2. The summed E-state index contributed by atoms with van der Waals surface area (Å²) >= 11 is 0. The van der Waals surface area contributed by atoms with Crippen LogP contribution in [-0.4, -0.2) is 36.0 Å². The number of hydrogen-bond donors (Lipinski definition) is 0. The van der Waals surface area contributed by atoms with E-state index in [2.05, 4.69) is 5.16 Å². The van der Waals surface area contributed by atoms with E-state index in [1.54, 1.807) is 4.90 Å². The van der Waals surface area contributed by atoms with Crippen LogP contribution in [0.4, 0.5) is 8.78 Å². The third kappa shape index (κ3) is 4.06. The zero-order valence-corrected chi connectivity index (χ0v) is 16.9. The highest BCUT2D eigenvalue weighted by Crippen LogP contribution is 2.34. The Bertz CT molecular complexity index is 1040. The summed E-state index contributed by atoms with van der Waals surface area (Å²) < 4.78 is 38.3. The average molecular weight is 428 g/mol. The maximum atomic E-state index is 14.2. The summed E-state index contributed by atoms with van der Waals surface area (Å²) in [6.45, 7) is 0.549. The molecule has 0 saturated heterocycles. The number of carbonyl (C=O) groups is 1. The van der Waals surface area contributed by atoms with Crippen molar-refractivity contribution in [1.29, 1.82) is 0 Å². The highest BCUT2D eigenvalue weighted by Gasteiger charge is 2.33. The molecule has 0 aromatic heterocycles. The zero-order valence-electron chi connectivity index (χ0n) is 16.9. The lowest BCUT2D eigenvalue weighted by molar-refractivity contribution is -0.140. The largest absolute Gasteiger partial charge is 0.454 e. The Morgan fingerprint density at radius 3 is 2.71 bits per heavy atom. The first-order valence-electron chi connectivity index (χ1n) is 10.4. The molecule has 2 aromatic carbocycles. The molecule has 3 aliphatic rings. The molecular weight excluding hydrogens is 406 g/mol. The second-order valence-electron chi connectivity index (χ2n) is 8.12. The van der Waals surface area contributed by atoms with E-state index in [-0.39, 0.29) is 43.4 Å². The fraction of sp³-hybridized carbons (Fsp3) is 0.391. The number of carbonyl (C=O) groups excluding carboxylic acids is 1. The summed E-state index contributed by atoms with van der Waals surface area (Å²) in [7, 11) is 0. The Hall–Kier alpha value is -3.16. The lowest BCUT2D eigenvalue weighted by Crippen LogP contribution is -2.42. The third-order valence-electron chi connectivity index (χ3n) is 6.01. The highest BCUT2D eigenvalue weighted by molar-refractivity contribution is 6.01. The van der Waals surface area contributed by atoms with Crippen LogP contribution in [0.3, 0.4) is 0 Å². The van der Waals surface area contributed by atoms with Crippen LogP contribution in [0.5, 0.6) is 11.5 Å². The SMILES string of the molecule is O=C(C1CCC1)N(Cc1ccc(F)cc1F)CC1CC(c2ccc3c(c2)OCO3)=NO1. The van der Waals surface area contributed by atoms with Crippen LogP contribution >= 0.6 is 0 Å². The molecule has 0 N–H and O–H groups in total.